The summed E-state index contributed by atoms with van der Waals surface area (Å²) in [5.41, 5.74) is 0.886. The van der Waals surface area contributed by atoms with Gasteiger partial charge in [-0.15, -0.1) is 10.2 Å². The lowest BCUT2D eigenvalue weighted by atomic mass is 10.3. The molecule has 0 saturated heterocycles. The molecule has 2 aromatic heterocycles. The SMILES string of the molecule is CC=CC(=O)Nc1nnc(-c2cccnc2)s1. The van der Waals surface area contributed by atoms with Gasteiger partial charge in [0.15, 0.2) is 5.01 Å². The van der Waals surface area contributed by atoms with Crippen molar-refractivity contribution < 1.29 is 4.79 Å². The highest BCUT2D eigenvalue weighted by Gasteiger charge is 2.07. The predicted octanol–water partition coefficient (Wildman–Crippen LogP) is 2.11. The largest absolute Gasteiger partial charge is 0.297 e. The number of aromatic nitrogens is 3. The van der Waals surface area contributed by atoms with E-state index in [0.29, 0.717) is 5.13 Å². The van der Waals surface area contributed by atoms with Crippen LogP contribution in [-0.2, 0) is 4.79 Å². The van der Waals surface area contributed by atoms with Crippen LogP contribution in [0, 0.1) is 0 Å². The number of amides is 1. The highest BCUT2D eigenvalue weighted by molar-refractivity contribution is 7.18. The number of carbonyl (C=O) groups is 1. The van der Waals surface area contributed by atoms with E-state index in [1.807, 2.05) is 12.1 Å². The Kier molecular flexibility index (Phi) is 3.56. The first-order chi connectivity index (χ1) is 8.29. The molecule has 2 aromatic rings. The fourth-order valence-corrected chi connectivity index (χ4v) is 1.91. The van der Waals surface area contributed by atoms with Crippen molar-refractivity contribution >= 4 is 22.4 Å². The molecule has 86 valence electrons. The van der Waals surface area contributed by atoms with Gasteiger partial charge in [0.2, 0.25) is 11.0 Å². The van der Waals surface area contributed by atoms with Gasteiger partial charge in [-0.1, -0.05) is 17.4 Å². The van der Waals surface area contributed by atoms with Gasteiger partial charge in [-0.2, -0.15) is 0 Å². The zero-order valence-corrected chi connectivity index (χ0v) is 9.94. The van der Waals surface area contributed by atoms with Crippen molar-refractivity contribution in [2.45, 2.75) is 6.92 Å². The zero-order chi connectivity index (χ0) is 12.1. The van der Waals surface area contributed by atoms with Gasteiger partial charge in [-0.05, 0) is 25.1 Å². The van der Waals surface area contributed by atoms with E-state index < -0.39 is 0 Å². The normalized spacial score (nSPS) is 10.6. The summed E-state index contributed by atoms with van der Waals surface area (Å²) in [5, 5.41) is 11.7. The molecule has 2 heterocycles. The summed E-state index contributed by atoms with van der Waals surface area (Å²) < 4.78 is 0. The minimum atomic E-state index is -0.207. The number of hydrogen-bond donors (Lipinski definition) is 1. The van der Waals surface area contributed by atoms with E-state index >= 15 is 0 Å². The first kappa shape index (κ1) is 11.4. The third kappa shape index (κ3) is 2.94. The van der Waals surface area contributed by atoms with E-state index in [0.717, 1.165) is 10.6 Å². The van der Waals surface area contributed by atoms with Crippen molar-refractivity contribution in [2.24, 2.45) is 0 Å². The second kappa shape index (κ2) is 5.31. The summed E-state index contributed by atoms with van der Waals surface area (Å²) in [6, 6.07) is 3.72. The summed E-state index contributed by atoms with van der Waals surface area (Å²) >= 11 is 1.31. The van der Waals surface area contributed by atoms with Gasteiger partial charge in [0, 0.05) is 18.0 Å². The van der Waals surface area contributed by atoms with Gasteiger partial charge in [0.1, 0.15) is 0 Å². The molecule has 0 fully saturated rings. The molecule has 0 atom stereocenters. The predicted molar refractivity (Wildman–Crippen MR) is 66.6 cm³/mol. The number of nitrogens with zero attached hydrogens (tertiary/aromatic N) is 3. The van der Waals surface area contributed by atoms with Crippen LogP contribution in [0.2, 0.25) is 0 Å². The lowest BCUT2D eigenvalue weighted by molar-refractivity contribution is -0.111. The first-order valence-corrected chi connectivity index (χ1v) is 5.79. The summed E-state index contributed by atoms with van der Waals surface area (Å²) in [6.07, 6.45) is 6.50. The average molecular weight is 246 g/mol. The third-order valence-corrected chi connectivity index (χ3v) is 2.77. The van der Waals surface area contributed by atoms with Crippen molar-refractivity contribution in [3.63, 3.8) is 0 Å². The van der Waals surface area contributed by atoms with Gasteiger partial charge in [0.05, 0.1) is 0 Å². The fraction of sp³-hybridized carbons (Fsp3) is 0.0909. The third-order valence-electron chi connectivity index (χ3n) is 1.88. The molecular weight excluding hydrogens is 236 g/mol. The molecule has 1 N–H and O–H groups in total. The van der Waals surface area contributed by atoms with E-state index in [9.17, 15) is 4.79 Å². The minimum absolute atomic E-state index is 0.207. The molecule has 0 aliphatic heterocycles. The monoisotopic (exact) mass is 246 g/mol. The standard InChI is InChI=1S/C11H10N4OS/c1-2-4-9(16)13-11-15-14-10(17-11)8-5-3-6-12-7-8/h2-7H,1H3,(H,13,15,16). The van der Waals surface area contributed by atoms with Crippen LogP contribution in [0.5, 0.6) is 0 Å². The average Bonchev–Trinajstić information content (AvgIpc) is 2.79. The summed E-state index contributed by atoms with van der Waals surface area (Å²) in [5.74, 6) is -0.207. The maximum Gasteiger partial charge on any atom is 0.249 e. The van der Waals surface area contributed by atoms with Crippen molar-refractivity contribution in [3.05, 3.63) is 36.7 Å². The Balaban J connectivity index is 2.14. The quantitative estimate of drug-likeness (QED) is 0.842. The Bertz CT molecular complexity index is 535. The number of pyridine rings is 1. The molecule has 1 amide bonds. The Hall–Kier alpha value is -2.08. The molecule has 2 rings (SSSR count). The van der Waals surface area contributed by atoms with E-state index in [2.05, 4.69) is 20.5 Å². The number of rotatable bonds is 3. The Morgan fingerprint density at radius 2 is 2.35 bits per heavy atom. The van der Waals surface area contributed by atoms with Gasteiger partial charge < -0.3 is 0 Å². The molecule has 0 unspecified atom stereocenters. The molecular formula is C11H10N4OS. The number of hydrogen-bond acceptors (Lipinski definition) is 5. The molecule has 17 heavy (non-hydrogen) atoms. The summed E-state index contributed by atoms with van der Waals surface area (Å²) in [4.78, 5) is 15.3. The van der Waals surface area contributed by atoms with Gasteiger partial charge in [-0.3, -0.25) is 15.1 Å². The molecule has 0 radical (unpaired) electrons. The molecule has 0 aliphatic rings. The number of anilines is 1. The van der Waals surface area contributed by atoms with Crippen LogP contribution in [-0.4, -0.2) is 21.1 Å². The highest BCUT2D eigenvalue weighted by Crippen LogP contribution is 2.25. The second-order valence-electron chi connectivity index (χ2n) is 3.14. The van der Waals surface area contributed by atoms with Crippen LogP contribution in [0.4, 0.5) is 5.13 Å². The molecule has 6 heteroatoms. The van der Waals surface area contributed by atoms with Gasteiger partial charge in [-0.25, -0.2) is 0 Å². The van der Waals surface area contributed by atoms with E-state index in [1.54, 1.807) is 25.4 Å². The Labute approximate surface area is 102 Å². The van der Waals surface area contributed by atoms with Crippen LogP contribution in [0.15, 0.2) is 36.7 Å². The van der Waals surface area contributed by atoms with Crippen LogP contribution in [0.1, 0.15) is 6.92 Å². The smallest absolute Gasteiger partial charge is 0.249 e. The van der Waals surface area contributed by atoms with Crippen molar-refractivity contribution in [2.75, 3.05) is 5.32 Å². The van der Waals surface area contributed by atoms with E-state index in [4.69, 9.17) is 0 Å². The topological polar surface area (TPSA) is 67.8 Å². The van der Waals surface area contributed by atoms with E-state index in [1.165, 1.54) is 17.4 Å². The molecule has 0 aliphatic carbocycles. The molecule has 0 bridgehead atoms. The maximum atomic E-state index is 11.3. The maximum absolute atomic E-state index is 11.3. The van der Waals surface area contributed by atoms with Gasteiger partial charge >= 0.3 is 0 Å². The Morgan fingerprint density at radius 1 is 1.47 bits per heavy atom. The summed E-state index contributed by atoms with van der Waals surface area (Å²) in [6.45, 7) is 1.78. The van der Waals surface area contributed by atoms with Crippen molar-refractivity contribution in [1.29, 1.82) is 0 Å². The number of carbonyl (C=O) groups excluding carboxylic acids is 1. The second-order valence-corrected chi connectivity index (χ2v) is 4.12. The highest BCUT2D eigenvalue weighted by atomic mass is 32.1. The molecule has 0 saturated carbocycles. The van der Waals surface area contributed by atoms with Gasteiger partial charge in [0.25, 0.3) is 0 Å². The van der Waals surface area contributed by atoms with Crippen LogP contribution < -0.4 is 5.32 Å². The number of allylic oxidation sites excluding steroid dienone is 1. The Morgan fingerprint density at radius 3 is 3.06 bits per heavy atom. The molecule has 5 nitrogen and oxygen atoms in total. The van der Waals surface area contributed by atoms with Crippen LogP contribution >= 0.6 is 11.3 Å². The van der Waals surface area contributed by atoms with E-state index in [-0.39, 0.29) is 5.91 Å². The number of nitrogens with one attached hydrogen (secondary N) is 1. The first-order valence-electron chi connectivity index (χ1n) is 4.97. The van der Waals surface area contributed by atoms with Crippen LogP contribution in [0.3, 0.4) is 0 Å². The zero-order valence-electron chi connectivity index (χ0n) is 9.12. The minimum Gasteiger partial charge on any atom is -0.297 e. The molecule has 0 spiro atoms. The lowest BCUT2D eigenvalue weighted by Gasteiger charge is -1.93. The van der Waals surface area contributed by atoms with Crippen molar-refractivity contribution in [1.82, 2.24) is 15.2 Å². The van der Waals surface area contributed by atoms with Crippen molar-refractivity contribution in [3.8, 4) is 10.6 Å². The summed E-state index contributed by atoms with van der Waals surface area (Å²) in [7, 11) is 0. The van der Waals surface area contributed by atoms with Crippen LogP contribution in [0.25, 0.3) is 10.6 Å². The lowest BCUT2D eigenvalue weighted by Crippen LogP contribution is -2.07. The molecule has 0 aromatic carbocycles. The fourth-order valence-electron chi connectivity index (χ4n) is 1.18.